The van der Waals surface area contributed by atoms with Crippen molar-refractivity contribution in [1.82, 2.24) is 9.55 Å². The first-order chi connectivity index (χ1) is 5.36. The Hall–Kier alpha value is -1.12. The second-order valence-corrected chi connectivity index (χ2v) is 2.48. The van der Waals surface area contributed by atoms with E-state index in [0.29, 0.717) is 6.54 Å². The van der Waals surface area contributed by atoms with Gasteiger partial charge in [0.2, 0.25) is 0 Å². The van der Waals surface area contributed by atoms with Gasteiger partial charge in [-0.1, -0.05) is 13.3 Å². The molecule has 0 unspecified atom stereocenters. The van der Waals surface area contributed by atoms with E-state index >= 15 is 0 Å². The Morgan fingerprint density at radius 2 is 2.55 bits per heavy atom. The van der Waals surface area contributed by atoms with Crippen LogP contribution in [-0.2, 0) is 17.8 Å². The molecule has 0 amide bonds. The molecule has 0 fully saturated rings. The van der Waals surface area contributed by atoms with E-state index < -0.39 is 0 Å². The Morgan fingerprint density at radius 3 is 3.18 bits per heavy atom. The SMILES string of the molecule is CCCc1cn(CC=O)cn1. The highest BCUT2D eigenvalue weighted by molar-refractivity contribution is 5.49. The predicted octanol–water partition coefficient (Wildman–Crippen LogP) is 1.03. The van der Waals surface area contributed by atoms with Crippen molar-refractivity contribution in [3.8, 4) is 0 Å². The van der Waals surface area contributed by atoms with Crippen LogP contribution in [0.1, 0.15) is 19.0 Å². The number of carbonyl (C=O) groups excluding carboxylic acids is 1. The van der Waals surface area contributed by atoms with E-state index in [1.807, 2.05) is 6.20 Å². The van der Waals surface area contributed by atoms with E-state index in [0.717, 1.165) is 24.8 Å². The minimum atomic E-state index is 0.413. The lowest BCUT2D eigenvalue weighted by Gasteiger charge is -1.90. The summed E-state index contributed by atoms with van der Waals surface area (Å²) in [6, 6.07) is 0. The quantitative estimate of drug-likeness (QED) is 0.604. The molecular formula is C8H12N2O. The molecule has 0 spiro atoms. The van der Waals surface area contributed by atoms with Crippen molar-refractivity contribution in [2.24, 2.45) is 0 Å². The maximum atomic E-state index is 10.1. The number of carbonyl (C=O) groups is 1. The average molecular weight is 152 g/mol. The second kappa shape index (κ2) is 3.91. The molecule has 3 nitrogen and oxygen atoms in total. The summed E-state index contributed by atoms with van der Waals surface area (Å²) in [6.07, 6.45) is 6.57. The van der Waals surface area contributed by atoms with E-state index in [-0.39, 0.29) is 0 Å². The van der Waals surface area contributed by atoms with Crippen molar-refractivity contribution in [1.29, 1.82) is 0 Å². The molecule has 1 heterocycles. The molecular weight excluding hydrogens is 140 g/mol. The summed E-state index contributed by atoms with van der Waals surface area (Å²) in [5.41, 5.74) is 1.06. The zero-order valence-electron chi connectivity index (χ0n) is 6.66. The molecule has 0 bridgehead atoms. The lowest BCUT2D eigenvalue weighted by molar-refractivity contribution is -0.108. The fourth-order valence-corrected chi connectivity index (χ4v) is 0.978. The number of rotatable bonds is 4. The minimum absolute atomic E-state index is 0.413. The molecule has 0 radical (unpaired) electrons. The Kier molecular flexibility index (Phi) is 2.83. The predicted molar refractivity (Wildman–Crippen MR) is 42.3 cm³/mol. The molecule has 11 heavy (non-hydrogen) atoms. The van der Waals surface area contributed by atoms with Crippen molar-refractivity contribution in [2.75, 3.05) is 0 Å². The van der Waals surface area contributed by atoms with Crippen molar-refractivity contribution >= 4 is 6.29 Å². The van der Waals surface area contributed by atoms with Gasteiger partial charge in [-0.2, -0.15) is 0 Å². The van der Waals surface area contributed by atoms with Crippen LogP contribution >= 0.6 is 0 Å². The van der Waals surface area contributed by atoms with Crippen LogP contribution in [0.4, 0.5) is 0 Å². The number of hydrogen-bond acceptors (Lipinski definition) is 2. The standard InChI is InChI=1S/C8H12N2O/c1-2-3-8-6-10(4-5-11)7-9-8/h5-7H,2-4H2,1H3. The van der Waals surface area contributed by atoms with Gasteiger partial charge >= 0.3 is 0 Å². The minimum Gasteiger partial charge on any atom is -0.330 e. The van der Waals surface area contributed by atoms with Crippen LogP contribution in [0.2, 0.25) is 0 Å². The summed E-state index contributed by atoms with van der Waals surface area (Å²) >= 11 is 0. The van der Waals surface area contributed by atoms with Crippen LogP contribution < -0.4 is 0 Å². The van der Waals surface area contributed by atoms with Gasteiger partial charge in [-0.25, -0.2) is 4.98 Å². The first-order valence-corrected chi connectivity index (χ1v) is 3.81. The third-order valence-corrected chi connectivity index (χ3v) is 1.48. The normalized spacial score (nSPS) is 9.91. The van der Waals surface area contributed by atoms with Gasteiger partial charge in [0.15, 0.2) is 0 Å². The molecule has 0 aliphatic rings. The number of aryl methyl sites for hydroxylation is 1. The lowest BCUT2D eigenvalue weighted by atomic mass is 10.3. The molecule has 1 aromatic heterocycles. The Bertz CT molecular complexity index is 230. The molecule has 0 aliphatic heterocycles. The number of aromatic nitrogens is 2. The second-order valence-electron chi connectivity index (χ2n) is 2.48. The maximum absolute atomic E-state index is 10.1. The summed E-state index contributed by atoms with van der Waals surface area (Å²) in [7, 11) is 0. The molecule has 1 rings (SSSR count). The number of imidazole rings is 1. The van der Waals surface area contributed by atoms with E-state index in [9.17, 15) is 4.79 Å². The third-order valence-electron chi connectivity index (χ3n) is 1.48. The van der Waals surface area contributed by atoms with E-state index in [2.05, 4.69) is 11.9 Å². The van der Waals surface area contributed by atoms with Gasteiger partial charge in [0, 0.05) is 6.20 Å². The maximum Gasteiger partial charge on any atom is 0.139 e. The number of hydrogen-bond donors (Lipinski definition) is 0. The highest BCUT2D eigenvalue weighted by Crippen LogP contribution is 1.98. The van der Waals surface area contributed by atoms with Crippen molar-refractivity contribution < 1.29 is 4.79 Å². The van der Waals surface area contributed by atoms with Gasteiger partial charge in [-0.3, -0.25) is 0 Å². The fraction of sp³-hybridized carbons (Fsp3) is 0.500. The molecule has 3 heteroatoms. The topological polar surface area (TPSA) is 34.9 Å². The Balaban J connectivity index is 2.57. The molecule has 0 saturated carbocycles. The summed E-state index contributed by atoms with van der Waals surface area (Å²) in [5.74, 6) is 0. The number of nitrogens with zero attached hydrogens (tertiary/aromatic N) is 2. The lowest BCUT2D eigenvalue weighted by Crippen LogP contribution is -1.93. The van der Waals surface area contributed by atoms with Crippen LogP contribution in [0.15, 0.2) is 12.5 Å². The van der Waals surface area contributed by atoms with Crippen LogP contribution in [0, 0.1) is 0 Å². The van der Waals surface area contributed by atoms with Gasteiger partial charge in [-0.15, -0.1) is 0 Å². The first kappa shape index (κ1) is 7.98. The van der Waals surface area contributed by atoms with Crippen molar-refractivity contribution in [3.63, 3.8) is 0 Å². The van der Waals surface area contributed by atoms with Crippen molar-refractivity contribution in [2.45, 2.75) is 26.3 Å². The molecule has 1 aromatic rings. The van der Waals surface area contributed by atoms with Gasteiger partial charge in [-0.05, 0) is 6.42 Å². The summed E-state index contributed by atoms with van der Waals surface area (Å²) < 4.78 is 1.79. The molecule has 0 atom stereocenters. The number of aldehydes is 1. The smallest absolute Gasteiger partial charge is 0.139 e. The van der Waals surface area contributed by atoms with Crippen LogP contribution in [0.3, 0.4) is 0 Å². The summed E-state index contributed by atoms with van der Waals surface area (Å²) in [4.78, 5) is 14.2. The van der Waals surface area contributed by atoms with Gasteiger partial charge < -0.3 is 9.36 Å². The summed E-state index contributed by atoms with van der Waals surface area (Å²) in [6.45, 7) is 2.52. The van der Waals surface area contributed by atoms with Crippen molar-refractivity contribution in [3.05, 3.63) is 18.2 Å². The molecule has 0 saturated heterocycles. The molecule has 60 valence electrons. The summed E-state index contributed by atoms with van der Waals surface area (Å²) in [5, 5.41) is 0. The molecule has 0 aromatic carbocycles. The fourth-order valence-electron chi connectivity index (χ4n) is 0.978. The highest BCUT2D eigenvalue weighted by atomic mass is 16.1. The van der Waals surface area contributed by atoms with E-state index in [1.165, 1.54) is 0 Å². The van der Waals surface area contributed by atoms with Gasteiger partial charge in [0.25, 0.3) is 0 Å². The van der Waals surface area contributed by atoms with Gasteiger partial charge in [0.1, 0.15) is 6.29 Å². The van der Waals surface area contributed by atoms with E-state index in [1.54, 1.807) is 10.9 Å². The Morgan fingerprint density at radius 1 is 1.73 bits per heavy atom. The average Bonchev–Trinajstić information content (AvgIpc) is 2.38. The highest BCUT2D eigenvalue weighted by Gasteiger charge is 1.95. The zero-order valence-corrected chi connectivity index (χ0v) is 6.66. The Labute approximate surface area is 66.1 Å². The van der Waals surface area contributed by atoms with Crippen LogP contribution in [-0.4, -0.2) is 15.8 Å². The van der Waals surface area contributed by atoms with Crippen LogP contribution in [0.5, 0.6) is 0 Å². The monoisotopic (exact) mass is 152 g/mol. The first-order valence-electron chi connectivity index (χ1n) is 3.81. The molecule has 0 aliphatic carbocycles. The van der Waals surface area contributed by atoms with E-state index in [4.69, 9.17) is 0 Å². The molecule has 0 N–H and O–H groups in total. The van der Waals surface area contributed by atoms with Gasteiger partial charge in [0.05, 0.1) is 18.6 Å². The largest absolute Gasteiger partial charge is 0.330 e. The van der Waals surface area contributed by atoms with Crippen LogP contribution in [0.25, 0.3) is 0 Å². The third kappa shape index (κ3) is 2.18. The zero-order chi connectivity index (χ0) is 8.10.